The molecule has 16 heavy (non-hydrogen) atoms. The van der Waals surface area contributed by atoms with E-state index in [-0.39, 0.29) is 11.3 Å². The Bertz CT molecular complexity index is 191. The van der Waals surface area contributed by atoms with Crippen molar-refractivity contribution in [3.05, 3.63) is 0 Å². The van der Waals surface area contributed by atoms with Gasteiger partial charge >= 0.3 is 0 Å². The average molecular weight is 227 g/mol. The molecule has 1 amide bonds. The summed E-state index contributed by atoms with van der Waals surface area (Å²) in [5, 5.41) is 0. The van der Waals surface area contributed by atoms with Gasteiger partial charge in [0.1, 0.15) is 0 Å². The number of carbonyl (C=O) groups is 1. The summed E-state index contributed by atoms with van der Waals surface area (Å²) in [5.41, 5.74) is 5.25. The molecular weight excluding hydrogens is 198 g/mol. The topological polar surface area (TPSA) is 43.1 Å². The molecule has 0 rings (SSSR count). The lowest BCUT2D eigenvalue weighted by atomic mass is 9.79. The molecule has 1 atom stereocenters. The van der Waals surface area contributed by atoms with E-state index in [0.717, 1.165) is 32.1 Å². The number of primary amides is 1. The van der Waals surface area contributed by atoms with E-state index in [9.17, 15) is 4.79 Å². The predicted octanol–water partition coefficient (Wildman–Crippen LogP) is 4.03. The van der Waals surface area contributed by atoms with Crippen LogP contribution < -0.4 is 5.73 Å². The van der Waals surface area contributed by atoms with E-state index in [4.69, 9.17) is 5.73 Å². The summed E-state index contributed by atoms with van der Waals surface area (Å²) in [6.45, 7) is 6.41. The molecule has 0 saturated carbocycles. The standard InChI is InChI=1S/C14H29NO/c1-4-6-8-9-10-12-14(3,13(15)16)11-7-5-2/h4-12H2,1-3H3,(H2,15,16). The molecule has 1 unspecified atom stereocenters. The second-order valence-electron chi connectivity index (χ2n) is 5.19. The molecule has 2 nitrogen and oxygen atoms in total. The summed E-state index contributed by atoms with van der Waals surface area (Å²) in [4.78, 5) is 11.5. The Morgan fingerprint density at radius 1 is 0.938 bits per heavy atom. The van der Waals surface area contributed by atoms with E-state index in [1.54, 1.807) is 0 Å². The first-order chi connectivity index (χ1) is 7.56. The summed E-state index contributed by atoms with van der Waals surface area (Å²) in [5.74, 6) is -0.114. The van der Waals surface area contributed by atoms with Gasteiger partial charge in [-0.25, -0.2) is 0 Å². The van der Waals surface area contributed by atoms with Crippen molar-refractivity contribution in [2.45, 2.75) is 78.6 Å². The maximum Gasteiger partial charge on any atom is 0.223 e. The second kappa shape index (κ2) is 8.60. The van der Waals surface area contributed by atoms with Gasteiger partial charge in [-0.05, 0) is 12.8 Å². The van der Waals surface area contributed by atoms with Crippen molar-refractivity contribution in [3.63, 3.8) is 0 Å². The van der Waals surface area contributed by atoms with Gasteiger partial charge in [-0.1, -0.05) is 65.7 Å². The van der Waals surface area contributed by atoms with Gasteiger partial charge in [0, 0.05) is 5.41 Å². The van der Waals surface area contributed by atoms with Crippen molar-refractivity contribution in [1.82, 2.24) is 0 Å². The summed E-state index contributed by atoms with van der Waals surface area (Å²) >= 11 is 0. The maximum absolute atomic E-state index is 11.5. The minimum atomic E-state index is -0.262. The van der Waals surface area contributed by atoms with Crippen molar-refractivity contribution in [1.29, 1.82) is 0 Å². The molecule has 0 fully saturated rings. The first-order valence-corrected chi connectivity index (χ1v) is 6.86. The largest absolute Gasteiger partial charge is 0.369 e. The van der Waals surface area contributed by atoms with Gasteiger partial charge in [0.05, 0.1) is 0 Å². The Kier molecular flexibility index (Phi) is 8.32. The highest BCUT2D eigenvalue weighted by atomic mass is 16.1. The van der Waals surface area contributed by atoms with Crippen molar-refractivity contribution in [3.8, 4) is 0 Å². The van der Waals surface area contributed by atoms with Crippen LogP contribution in [0.15, 0.2) is 0 Å². The van der Waals surface area contributed by atoms with Crippen LogP contribution in [0.2, 0.25) is 0 Å². The van der Waals surface area contributed by atoms with Gasteiger partial charge in [0.2, 0.25) is 5.91 Å². The lowest BCUT2D eigenvalue weighted by Crippen LogP contribution is -2.34. The molecule has 0 radical (unpaired) electrons. The van der Waals surface area contributed by atoms with E-state index in [2.05, 4.69) is 13.8 Å². The van der Waals surface area contributed by atoms with E-state index in [1.165, 1.54) is 25.7 Å². The van der Waals surface area contributed by atoms with Gasteiger partial charge in [0.25, 0.3) is 0 Å². The number of carbonyl (C=O) groups excluding carboxylic acids is 1. The molecule has 0 spiro atoms. The summed E-state index contributed by atoms with van der Waals surface area (Å²) in [6.07, 6.45) is 10.4. The normalized spacial score (nSPS) is 14.7. The smallest absolute Gasteiger partial charge is 0.223 e. The highest BCUT2D eigenvalue weighted by Gasteiger charge is 2.29. The molecule has 0 bridgehead atoms. The van der Waals surface area contributed by atoms with Crippen LogP contribution in [0.4, 0.5) is 0 Å². The van der Waals surface area contributed by atoms with Crippen LogP contribution in [0.5, 0.6) is 0 Å². The third-order valence-corrected chi connectivity index (χ3v) is 3.51. The monoisotopic (exact) mass is 227 g/mol. The van der Waals surface area contributed by atoms with Gasteiger partial charge in [0.15, 0.2) is 0 Å². The minimum Gasteiger partial charge on any atom is -0.369 e. The molecule has 2 heteroatoms. The van der Waals surface area contributed by atoms with Gasteiger partial charge < -0.3 is 5.73 Å². The summed E-state index contributed by atoms with van der Waals surface area (Å²) < 4.78 is 0. The van der Waals surface area contributed by atoms with Crippen LogP contribution >= 0.6 is 0 Å². The van der Waals surface area contributed by atoms with Gasteiger partial charge in [-0.2, -0.15) is 0 Å². The molecule has 0 aliphatic rings. The fourth-order valence-electron chi connectivity index (χ4n) is 2.06. The van der Waals surface area contributed by atoms with E-state index < -0.39 is 0 Å². The van der Waals surface area contributed by atoms with Crippen molar-refractivity contribution >= 4 is 5.91 Å². The Labute approximate surface area is 101 Å². The lowest BCUT2D eigenvalue weighted by molar-refractivity contribution is -0.127. The van der Waals surface area contributed by atoms with Crippen LogP contribution in [0.1, 0.15) is 78.6 Å². The molecule has 0 aliphatic carbocycles. The molecule has 0 saturated heterocycles. The zero-order valence-electron chi connectivity index (χ0n) is 11.3. The molecule has 0 aliphatic heterocycles. The fourth-order valence-corrected chi connectivity index (χ4v) is 2.06. The zero-order chi connectivity index (χ0) is 12.4. The van der Waals surface area contributed by atoms with E-state index >= 15 is 0 Å². The van der Waals surface area contributed by atoms with Crippen molar-refractivity contribution < 1.29 is 4.79 Å². The van der Waals surface area contributed by atoms with Crippen LogP contribution in [0.25, 0.3) is 0 Å². The van der Waals surface area contributed by atoms with Gasteiger partial charge in [-0.15, -0.1) is 0 Å². The predicted molar refractivity (Wildman–Crippen MR) is 70.2 cm³/mol. The number of hydrogen-bond acceptors (Lipinski definition) is 1. The lowest BCUT2D eigenvalue weighted by Gasteiger charge is -2.25. The summed E-state index contributed by atoms with van der Waals surface area (Å²) in [6, 6.07) is 0. The number of nitrogens with two attached hydrogens (primary N) is 1. The second-order valence-corrected chi connectivity index (χ2v) is 5.19. The highest BCUT2D eigenvalue weighted by molar-refractivity contribution is 5.80. The SMILES string of the molecule is CCCCCCCC(C)(CCCC)C(N)=O. The fraction of sp³-hybridized carbons (Fsp3) is 0.929. The molecule has 96 valence electrons. The number of unbranched alkanes of at least 4 members (excludes halogenated alkanes) is 5. The molecule has 0 aromatic carbocycles. The highest BCUT2D eigenvalue weighted by Crippen LogP contribution is 2.30. The third-order valence-electron chi connectivity index (χ3n) is 3.51. The Balaban J connectivity index is 3.88. The molecular formula is C14H29NO. The Hall–Kier alpha value is -0.530. The van der Waals surface area contributed by atoms with Crippen molar-refractivity contribution in [2.24, 2.45) is 11.1 Å². The van der Waals surface area contributed by atoms with Crippen LogP contribution in [0.3, 0.4) is 0 Å². The minimum absolute atomic E-state index is 0.114. The molecule has 0 heterocycles. The zero-order valence-corrected chi connectivity index (χ0v) is 11.3. The number of rotatable bonds is 10. The first-order valence-electron chi connectivity index (χ1n) is 6.86. The number of amides is 1. The first kappa shape index (κ1) is 15.5. The van der Waals surface area contributed by atoms with E-state index in [1.807, 2.05) is 6.92 Å². The maximum atomic E-state index is 11.5. The number of hydrogen-bond donors (Lipinski definition) is 1. The van der Waals surface area contributed by atoms with Gasteiger partial charge in [-0.3, -0.25) is 4.79 Å². The molecule has 2 N–H and O–H groups in total. The van der Waals surface area contributed by atoms with Crippen LogP contribution in [-0.4, -0.2) is 5.91 Å². The molecule has 0 aromatic heterocycles. The molecule has 0 aromatic rings. The quantitative estimate of drug-likeness (QED) is 0.563. The van der Waals surface area contributed by atoms with Crippen LogP contribution in [-0.2, 0) is 4.79 Å². The summed E-state index contributed by atoms with van der Waals surface area (Å²) in [7, 11) is 0. The van der Waals surface area contributed by atoms with E-state index in [0.29, 0.717) is 0 Å². The van der Waals surface area contributed by atoms with Crippen molar-refractivity contribution in [2.75, 3.05) is 0 Å². The van der Waals surface area contributed by atoms with Crippen LogP contribution in [0, 0.1) is 5.41 Å². The Morgan fingerprint density at radius 3 is 1.94 bits per heavy atom. The average Bonchev–Trinajstić information content (AvgIpc) is 2.26. The Morgan fingerprint density at radius 2 is 1.44 bits per heavy atom. The third kappa shape index (κ3) is 6.14.